The molecule has 3 heteroatoms. The summed E-state index contributed by atoms with van der Waals surface area (Å²) in [7, 11) is 0. The lowest BCUT2D eigenvalue weighted by Gasteiger charge is -2.10. The minimum absolute atomic E-state index is 0.286. The van der Waals surface area contributed by atoms with Gasteiger partial charge in [0, 0.05) is 11.4 Å². The number of carboxylic acids is 1. The smallest absolute Gasteiger partial charge is 0.336 e. The van der Waals surface area contributed by atoms with Gasteiger partial charge in [-0.1, -0.05) is 42.5 Å². The molecular weight excluding hydrogens is 236 g/mol. The van der Waals surface area contributed by atoms with E-state index >= 15 is 0 Å². The number of alkyl halides is 1. The first-order valence-corrected chi connectivity index (χ1v) is 5.74. The SMILES string of the molecule is O=C(O)c1cccc(CCl)c1-c1ccccc1. The second-order valence-electron chi connectivity index (χ2n) is 3.64. The molecule has 1 N–H and O–H groups in total. The second-order valence-corrected chi connectivity index (χ2v) is 3.91. The van der Waals surface area contributed by atoms with Crippen LogP contribution in [0.1, 0.15) is 15.9 Å². The first kappa shape index (κ1) is 11.7. The lowest BCUT2D eigenvalue weighted by Crippen LogP contribution is -2.01. The van der Waals surface area contributed by atoms with E-state index in [1.165, 1.54) is 0 Å². The fourth-order valence-electron chi connectivity index (χ4n) is 1.84. The molecule has 0 amide bonds. The van der Waals surface area contributed by atoms with E-state index in [2.05, 4.69) is 0 Å². The second kappa shape index (κ2) is 5.02. The van der Waals surface area contributed by atoms with Crippen LogP contribution in [0.4, 0.5) is 0 Å². The molecule has 0 aliphatic rings. The quantitative estimate of drug-likeness (QED) is 0.837. The topological polar surface area (TPSA) is 37.3 Å². The Kier molecular flexibility index (Phi) is 3.45. The molecule has 2 rings (SSSR count). The van der Waals surface area contributed by atoms with Gasteiger partial charge in [0.25, 0.3) is 0 Å². The van der Waals surface area contributed by atoms with E-state index in [1.54, 1.807) is 12.1 Å². The molecule has 0 radical (unpaired) electrons. The van der Waals surface area contributed by atoms with E-state index in [0.29, 0.717) is 11.4 Å². The van der Waals surface area contributed by atoms with E-state index in [4.69, 9.17) is 11.6 Å². The largest absolute Gasteiger partial charge is 0.478 e. The molecule has 86 valence electrons. The summed E-state index contributed by atoms with van der Waals surface area (Å²) in [6, 6.07) is 14.6. The number of hydrogen-bond acceptors (Lipinski definition) is 1. The van der Waals surface area contributed by atoms with Crippen LogP contribution in [-0.2, 0) is 5.88 Å². The van der Waals surface area contributed by atoms with Crippen molar-refractivity contribution in [2.75, 3.05) is 0 Å². The molecule has 0 spiro atoms. The number of hydrogen-bond donors (Lipinski definition) is 1. The molecule has 2 aromatic rings. The zero-order chi connectivity index (χ0) is 12.3. The van der Waals surface area contributed by atoms with Gasteiger partial charge in [-0.3, -0.25) is 0 Å². The van der Waals surface area contributed by atoms with Crippen molar-refractivity contribution in [3.05, 3.63) is 59.7 Å². The van der Waals surface area contributed by atoms with Crippen LogP contribution in [0.2, 0.25) is 0 Å². The van der Waals surface area contributed by atoms with Gasteiger partial charge >= 0.3 is 5.97 Å². The van der Waals surface area contributed by atoms with Gasteiger partial charge in [0.2, 0.25) is 0 Å². The number of rotatable bonds is 3. The first-order chi connectivity index (χ1) is 8.24. The predicted octanol–water partition coefficient (Wildman–Crippen LogP) is 3.79. The molecule has 0 atom stereocenters. The number of benzene rings is 2. The van der Waals surface area contributed by atoms with Crippen LogP contribution in [0.5, 0.6) is 0 Å². The van der Waals surface area contributed by atoms with Gasteiger partial charge in [0.05, 0.1) is 5.56 Å². The van der Waals surface area contributed by atoms with Crippen LogP contribution in [0.25, 0.3) is 11.1 Å². The van der Waals surface area contributed by atoms with Crippen molar-refractivity contribution in [3.8, 4) is 11.1 Å². The van der Waals surface area contributed by atoms with Gasteiger partial charge in [-0.25, -0.2) is 4.79 Å². The van der Waals surface area contributed by atoms with Crippen molar-refractivity contribution in [3.63, 3.8) is 0 Å². The normalized spacial score (nSPS) is 10.2. The van der Waals surface area contributed by atoms with Crippen LogP contribution in [0.3, 0.4) is 0 Å². The summed E-state index contributed by atoms with van der Waals surface area (Å²) in [5.74, 6) is -0.637. The summed E-state index contributed by atoms with van der Waals surface area (Å²) in [5.41, 5.74) is 2.70. The van der Waals surface area contributed by atoms with Crippen molar-refractivity contribution in [2.45, 2.75) is 5.88 Å². The molecule has 0 heterocycles. The highest BCUT2D eigenvalue weighted by molar-refractivity contribution is 6.17. The summed E-state index contributed by atoms with van der Waals surface area (Å²) < 4.78 is 0. The molecule has 0 bridgehead atoms. The van der Waals surface area contributed by atoms with Crippen molar-refractivity contribution < 1.29 is 9.90 Å². The zero-order valence-corrected chi connectivity index (χ0v) is 9.82. The van der Waals surface area contributed by atoms with Crippen molar-refractivity contribution >= 4 is 17.6 Å². The highest BCUT2D eigenvalue weighted by atomic mass is 35.5. The van der Waals surface area contributed by atoms with Crippen LogP contribution in [-0.4, -0.2) is 11.1 Å². The number of halogens is 1. The molecule has 0 saturated carbocycles. The van der Waals surface area contributed by atoms with Gasteiger partial charge < -0.3 is 5.11 Å². The monoisotopic (exact) mass is 246 g/mol. The van der Waals surface area contributed by atoms with E-state index < -0.39 is 5.97 Å². The minimum Gasteiger partial charge on any atom is -0.478 e. The van der Waals surface area contributed by atoms with Crippen LogP contribution >= 0.6 is 11.6 Å². The Morgan fingerprint density at radius 3 is 2.35 bits per heavy atom. The van der Waals surface area contributed by atoms with Crippen LogP contribution in [0, 0.1) is 0 Å². The Morgan fingerprint density at radius 1 is 1.06 bits per heavy atom. The summed E-state index contributed by atoms with van der Waals surface area (Å²) in [6.07, 6.45) is 0. The van der Waals surface area contributed by atoms with Crippen molar-refractivity contribution in [2.24, 2.45) is 0 Å². The first-order valence-electron chi connectivity index (χ1n) is 5.20. The molecule has 2 aromatic carbocycles. The summed E-state index contributed by atoms with van der Waals surface area (Å²) >= 11 is 5.87. The average molecular weight is 247 g/mol. The molecular formula is C14H11ClO2. The fraction of sp³-hybridized carbons (Fsp3) is 0.0714. The Hall–Kier alpha value is -1.80. The van der Waals surface area contributed by atoms with Gasteiger partial charge in [0.15, 0.2) is 0 Å². The molecule has 0 fully saturated rings. The maximum atomic E-state index is 11.2. The van der Waals surface area contributed by atoms with E-state index in [9.17, 15) is 9.90 Å². The van der Waals surface area contributed by atoms with E-state index in [1.807, 2.05) is 36.4 Å². The molecule has 0 aliphatic heterocycles. The number of aromatic carboxylic acids is 1. The summed E-state index contributed by atoms with van der Waals surface area (Å²) in [5, 5.41) is 9.20. The van der Waals surface area contributed by atoms with E-state index in [-0.39, 0.29) is 5.56 Å². The summed E-state index contributed by atoms with van der Waals surface area (Å²) in [6.45, 7) is 0. The Balaban J connectivity index is 2.69. The average Bonchev–Trinajstić information content (AvgIpc) is 2.38. The lowest BCUT2D eigenvalue weighted by atomic mass is 9.95. The molecule has 17 heavy (non-hydrogen) atoms. The highest BCUT2D eigenvalue weighted by Gasteiger charge is 2.14. The van der Waals surface area contributed by atoms with Crippen molar-refractivity contribution in [1.29, 1.82) is 0 Å². The van der Waals surface area contributed by atoms with E-state index in [0.717, 1.165) is 11.1 Å². The van der Waals surface area contributed by atoms with Gasteiger partial charge in [0.1, 0.15) is 0 Å². The zero-order valence-electron chi connectivity index (χ0n) is 9.06. The number of carbonyl (C=O) groups is 1. The third kappa shape index (κ3) is 2.32. The van der Waals surface area contributed by atoms with Gasteiger partial charge in [-0.05, 0) is 17.2 Å². The Labute approximate surface area is 104 Å². The highest BCUT2D eigenvalue weighted by Crippen LogP contribution is 2.28. The molecule has 0 saturated heterocycles. The lowest BCUT2D eigenvalue weighted by molar-refractivity contribution is 0.0697. The Bertz CT molecular complexity index is 535. The predicted molar refractivity (Wildman–Crippen MR) is 68.4 cm³/mol. The minimum atomic E-state index is -0.934. The third-order valence-electron chi connectivity index (χ3n) is 2.59. The van der Waals surface area contributed by atoms with Crippen molar-refractivity contribution in [1.82, 2.24) is 0 Å². The summed E-state index contributed by atoms with van der Waals surface area (Å²) in [4.78, 5) is 11.2. The van der Waals surface area contributed by atoms with Crippen LogP contribution < -0.4 is 0 Å². The molecule has 2 nitrogen and oxygen atoms in total. The standard InChI is InChI=1S/C14H11ClO2/c15-9-11-7-4-8-12(14(16)17)13(11)10-5-2-1-3-6-10/h1-8H,9H2,(H,16,17). The van der Waals surface area contributed by atoms with Gasteiger partial charge in [-0.15, -0.1) is 11.6 Å². The third-order valence-corrected chi connectivity index (χ3v) is 2.88. The van der Waals surface area contributed by atoms with Gasteiger partial charge in [-0.2, -0.15) is 0 Å². The maximum absolute atomic E-state index is 11.2. The molecule has 0 aromatic heterocycles. The fourth-order valence-corrected chi connectivity index (χ4v) is 2.06. The molecule has 0 aliphatic carbocycles. The Morgan fingerprint density at radius 2 is 1.76 bits per heavy atom. The maximum Gasteiger partial charge on any atom is 0.336 e. The van der Waals surface area contributed by atoms with Crippen LogP contribution in [0.15, 0.2) is 48.5 Å². The molecule has 0 unspecified atom stereocenters. The number of carboxylic acid groups (broad SMARTS) is 1.